The van der Waals surface area contributed by atoms with Crippen molar-refractivity contribution in [1.82, 2.24) is 4.31 Å². The highest BCUT2D eigenvalue weighted by Crippen LogP contribution is 2.24. The minimum Gasteiger partial charge on any atom is -0.480 e. The van der Waals surface area contributed by atoms with Crippen molar-refractivity contribution in [1.29, 1.82) is 0 Å². The predicted octanol–water partition coefficient (Wildman–Crippen LogP) is -0.188. The highest BCUT2D eigenvalue weighted by atomic mass is 32.2. The van der Waals surface area contributed by atoms with Crippen LogP contribution in [-0.2, 0) is 19.6 Å². The average Bonchev–Trinajstić information content (AvgIpc) is 2.66. The van der Waals surface area contributed by atoms with Gasteiger partial charge < -0.3 is 9.84 Å². The highest BCUT2D eigenvalue weighted by molar-refractivity contribution is 8.00. The molecule has 0 amide bonds. The van der Waals surface area contributed by atoms with E-state index >= 15 is 0 Å². The first kappa shape index (κ1) is 13.8. The number of carboxylic acid groups (broad SMARTS) is 1. The molecule has 0 aromatic heterocycles. The molecular weight excluding hydrogens is 254 g/mol. The molecule has 1 N–H and O–H groups in total. The van der Waals surface area contributed by atoms with Gasteiger partial charge in [-0.1, -0.05) is 0 Å². The fraction of sp³-hybridized carbons (Fsp3) is 0.875. The Morgan fingerprint density at radius 1 is 1.62 bits per heavy atom. The zero-order valence-corrected chi connectivity index (χ0v) is 10.6. The normalized spacial score (nSPS) is 22.4. The van der Waals surface area contributed by atoms with E-state index in [9.17, 15) is 13.2 Å². The van der Waals surface area contributed by atoms with Crippen molar-refractivity contribution in [3.8, 4) is 0 Å². The number of thioether (sulfide) groups is 1. The summed E-state index contributed by atoms with van der Waals surface area (Å²) in [6, 6.07) is -0.919. The molecule has 1 aliphatic heterocycles. The average molecular weight is 269 g/mol. The topological polar surface area (TPSA) is 83.9 Å². The van der Waals surface area contributed by atoms with Crippen molar-refractivity contribution in [3.63, 3.8) is 0 Å². The lowest BCUT2D eigenvalue weighted by molar-refractivity contribution is -0.140. The van der Waals surface area contributed by atoms with Gasteiger partial charge in [0.2, 0.25) is 10.0 Å². The van der Waals surface area contributed by atoms with Crippen LogP contribution in [0.3, 0.4) is 0 Å². The summed E-state index contributed by atoms with van der Waals surface area (Å²) in [5.41, 5.74) is 0. The van der Waals surface area contributed by atoms with Crippen LogP contribution in [0.1, 0.15) is 6.42 Å². The van der Waals surface area contributed by atoms with Crippen LogP contribution in [0.4, 0.5) is 0 Å². The molecule has 1 aliphatic rings. The van der Waals surface area contributed by atoms with Crippen LogP contribution in [0.5, 0.6) is 0 Å². The minimum absolute atomic E-state index is 0.0643. The van der Waals surface area contributed by atoms with Gasteiger partial charge in [-0.3, -0.25) is 4.79 Å². The summed E-state index contributed by atoms with van der Waals surface area (Å²) in [7, 11) is -1.98. The Balaban J connectivity index is 2.63. The van der Waals surface area contributed by atoms with E-state index in [-0.39, 0.29) is 11.6 Å². The zero-order valence-electron chi connectivity index (χ0n) is 8.96. The summed E-state index contributed by atoms with van der Waals surface area (Å²) in [6.45, 7) is 0.359. The summed E-state index contributed by atoms with van der Waals surface area (Å²) in [5, 5.41) is 8.87. The summed E-state index contributed by atoms with van der Waals surface area (Å²) < 4.78 is 29.5. The number of rotatable bonds is 6. The summed E-state index contributed by atoms with van der Waals surface area (Å²) >= 11 is 1.32. The second kappa shape index (κ2) is 5.85. The molecule has 0 aliphatic carbocycles. The Morgan fingerprint density at radius 2 is 2.31 bits per heavy atom. The van der Waals surface area contributed by atoms with Gasteiger partial charge in [0.05, 0.1) is 11.6 Å². The Kier molecular flexibility index (Phi) is 5.03. The maximum atomic E-state index is 11.8. The Bertz CT molecular complexity index is 342. The SMILES string of the molecule is COCCCS(=O)(=O)N1CSCC1C(=O)O. The van der Waals surface area contributed by atoms with Crippen LogP contribution >= 0.6 is 11.8 Å². The molecule has 16 heavy (non-hydrogen) atoms. The number of hydrogen-bond donors (Lipinski definition) is 1. The van der Waals surface area contributed by atoms with E-state index < -0.39 is 22.0 Å². The van der Waals surface area contributed by atoms with Gasteiger partial charge in [0, 0.05) is 19.5 Å². The van der Waals surface area contributed by atoms with Gasteiger partial charge in [-0.2, -0.15) is 4.31 Å². The monoisotopic (exact) mass is 269 g/mol. The standard InChI is InChI=1S/C8H15NO5S2/c1-14-3-2-4-16(12,13)9-6-15-5-7(9)8(10)11/h7H,2-6H2,1H3,(H,10,11). The number of methoxy groups -OCH3 is 1. The molecular formula is C8H15NO5S2. The van der Waals surface area contributed by atoms with Crippen LogP contribution in [0, 0.1) is 0 Å². The van der Waals surface area contributed by atoms with E-state index in [0.717, 1.165) is 4.31 Å². The zero-order chi connectivity index (χ0) is 12.2. The van der Waals surface area contributed by atoms with Crippen molar-refractivity contribution in [3.05, 3.63) is 0 Å². The molecule has 1 heterocycles. The molecule has 8 heteroatoms. The molecule has 1 atom stereocenters. The van der Waals surface area contributed by atoms with Crippen molar-refractivity contribution in [2.75, 3.05) is 31.1 Å². The Labute approximate surface area is 99.0 Å². The van der Waals surface area contributed by atoms with Crippen LogP contribution < -0.4 is 0 Å². The summed E-state index contributed by atoms with van der Waals surface area (Å²) in [5.74, 6) is -0.601. The summed E-state index contributed by atoms with van der Waals surface area (Å²) in [4.78, 5) is 10.8. The highest BCUT2D eigenvalue weighted by Gasteiger charge is 2.38. The van der Waals surface area contributed by atoms with E-state index in [0.29, 0.717) is 18.8 Å². The van der Waals surface area contributed by atoms with Crippen molar-refractivity contribution >= 4 is 27.8 Å². The van der Waals surface area contributed by atoms with Crippen LogP contribution in [0.2, 0.25) is 0 Å². The molecule has 0 bridgehead atoms. The number of carboxylic acids is 1. The van der Waals surface area contributed by atoms with Gasteiger partial charge in [0.1, 0.15) is 6.04 Å². The minimum atomic E-state index is -3.47. The molecule has 0 saturated carbocycles. The molecule has 0 aromatic carbocycles. The number of ether oxygens (including phenoxy) is 1. The second-order valence-electron chi connectivity index (χ2n) is 3.40. The first-order chi connectivity index (χ1) is 7.49. The van der Waals surface area contributed by atoms with E-state index in [4.69, 9.17) is 9.84 Å². The molecule has 1 saturated heterocycles. The number of aliphatic carboxylic acids is 1. The van der Waals surface area contributed by atoms with E-state index in [1.165, 1.54) is 18.9 Å². The van der Waals surface area contributed by atoms with Crippen LogP contribution in [0.15, 0.2) is 0 Å². The van der Waals surface area contributed by atoms with Crippen LogP contribution in [0.25, 0.3) is 0 Å². The summed E-state index contributed by atoms with van der Waals surface area (Å²) in [6.07, 6.45) is 0.381. The largest absolute Gasteiger partial charge is 0.480 e. The number of hydrogen-bond acceptors (Lipinski definition) is 5. The predicted molar refractivity (Wildman–Crippen MR) is 60.9 cm³/mol. The number of sulfonamides is 1. The molecule has 1 fully saturated rings. The molecule has 0 spiro atoms. The molecule has 94 valence electrons. The third-order valence-electron chi connectivity index (χ3n) is 2.23. The van der Waals surface area contributed by atoms with Crippen molar-refractivity contribution < 1.29 is 23.1 Å². The third kappa shape index (κ3) is 3.34. The maximum absolute atomic E-state index is 11.8. The van der Waals surface area contributed by atoms with Crippen molar-refractivity contribution in [2.24, 2.45) is 0 Å². The lowest BCUT2D eigenvalue weighted by Gasteiger charge is -2.19. The van der Waals surface area contributed by atoms with Gasteiger partial charge in [-0.05, 0) is 6.42 Å². The van der Waals surface area contributed by atoms with E-state index in [2.05, 4.69) is 0 Å². The van der Waals surface area contributed by atoms with Gasteiger partial charge in [0.15, 0.2) is 0 Å². The van der Waals surface area contributed by atoms with Gasteiger partial charge >= 0.3 is 5.97 Å². The fourth-order valence-corrected chi connectivity index (χ4v) is 4.64. The lowest BCUT2D eigenvalue weighted by atomic mass is 10.4. The van der Waals surface area contributed by atoms with Gasteiger partial charge in [-0.25, -0.2) is 8.42 Å². The van der Waals surface area contributed by atoms with E-state index in [1.807, 2.05) is 0 Å². The second-order valence-corrected chi connectivity index (χ2v) is 6.44. The first-order valence-corrected chi connectivity index (χ1v) is 7.54. The number of carbonyl (C=O) groups is 1. The molecule has 0 radical (unpaired) electrons. The Morgan fingerprint density at radius 3 is 2.88 bits per heavy atom. The molecule has 0 aromatic rings. The number of nitrogens with zero attached hydrogens (tertiary/aromatic N) is 1. The smallest absolute Gasteiger partial charge is 0.322 e. The van der Waals surface area contributed by atoms with Gasteiger partial charge in [-0.15, -0.1) is 11.8 Å². The quantitative estimate of drug-likeness (QED) is 0.673. The fourth-order valence-electron chi connectivity index (χ4n) is 1.40. The van der Waals surface area contributed by atoms with Crippen molar-refractivity contribution in [2.45, 2.75) is 12.5 Å². The van der Waals surface area contributed by atoms with Crippen LogP contribution in [-0.4, -0.2) is 60.9 Å². The lowest BCUT2D eigenvalue weighted by Crippen LogP contribution is -2.42. The Hall–Kier alpha value is -0.310. The molecule has 1 rings (SSSR count). The first-order valence-electron chi connectivity index (χ1n) is 4.78. The molecule has 6 nitrogen and oxygen atoms in total. The third-order valence-corrected chi connectivity index (χ3v) is 5.31. The molecule has 1 unspecified atom stereocenters. The van der Waals surface area contributed by atoms with Gasteiger partial charge in [0.25, 0.3) is 0 Å². The van der Waals surface area contributed by atoms with E-state index in [1.54, 1.807) is 0 Å². The maximum Gasteiger partial charge on any atom is 0.322 e.